The van der Waals surface area contributed by atoms with Gasteiger partial charge in [0.25, 0.3) is 0 Å². The van der Waals surface area contributed by atoms with Gasteiger partial charge in [0.2, 0.25) is 0 Å². The van der Waals surface area contributed by atoms with Crippen LogP contribution in [0.1, 0.15) is 33.1 Å². The average molecular weight is 226 g/mol. The Labute approximate surface area is 95.6 Å². The Morgan fingerprint density at radius 2 is 2.12 bits per heavy atom. The summed E-state index contributed by atoms with van der Waals surface area (Å²) in [6.07, 6.45) is 4.18. The highest BCUT2D eigenvalue weighted by molar-refractivity contribution is 5.88. The van der Waals surface area contributed by atoms with E-state index in [0.29, 0.717) is 0 Å². The number of rotatable bonds is 7. The number of esters is 1. The number of hydrogen-bond acceptors (Lipinski definition) is 3. The number of carboxylic acids is 1. The molecule has 0 aromatic heterocycles. The number of carboxylic acid groups (broad SMARTS) is 1. The second-order valence-corrected chi connectivity index (χ2v) is 3.55. The van der Waals surface area contributed by atoms with Gasteiger partial charge in [-0.25, -0.2) is 9.59 Å². The van der Waals surface area contributed by atoms with Gasteiger partial charge in [-0.15, -0.1) is 0 Å². The maximum atomic E-state index is 11.4. The van der Waals surface area contributed by atoms with Crippen molar-refractivity contribution in [2.24, 2.45) is 0 Å². The molecule has 16 heavy (non-hydrogen) atoms. The molecule has 1 atom stereocenters. The van der Waals surface area contributed by atoms with Crippen molar-refractivity contribution < 1.29 is 19.4 Å². The molecule has 0 aliphatic carbocycles. The van der Waals surface area contributed by atoms with E-state index in [1.807, 2.05) is 13.8 Å². The first kappa shape index (κ1) is 14.4. The third-order valence-electron chi connectivity index (χ3n) is 1.92. The molecule has 0 spiro atoms. The number of ether oxygens (including phenoxy) is 1. The minimum absolute atomic E-state index is 0.127. The SMILES string of the molecule is C=C(CC=CC(=O)O)C(=O)OC(C)CCC. The van der Waals surface area contributed by atoms with Crippen LogP contribution in [0.15, 0.2) is 24.3 Å². The lowest BCUT2D eigenvalue weighted by atomic mass is 10.2. The van der Waals surface area contributed by atoms with Crippen LogP contribution in [-0.2, 0) is 14.3 Å². The number of carbonyl (C=O) groups is 2. The molecule has 0 bridgehead atoms. The molecule has 0 saturated heterocycles. The van der Waals surface area contributed by atoms with E-state index >= 15 is 0 Å². The number of aliphatic carboxylic acids is 1. The molecule has 90 valence electrons. The highest BCUT2D eigenvalue weighted by Gasteiger charge is 2.11. The topological polar surface area (TPSA) is 63.6 Å². The minimum Gasteiger partial charge on any atom is -0.478 e. The molecule has 1 N–H and O–H groups in total. The predicted molar refractivity (Wildman–Crippen MR) is 61.0 cm³/mol. The Kier molecular flexibility index (Phi) is 6.92. The van der Waals surface area contributed by atoms with E-state index in [2.05, 4.69) is 6.58 Å². The first-order chi connectivity index (χ1) is 7.47. The molecule has 0 rings (SSSR count). The lowest BCUT2D eigenvalue weighted by Gasteiger charge is -2.12. The second-order valence-electron chi connectivity index (χ2n) is 3.55. The van der Waals surface area contributed by atoms with Crippen LogP contribution in [0.4, 0.5) is 0 Å². The summed E-state index contributed by atoms with van der Waals surface area (Å²) in [5, 5.41) is 8.35. The van der Waals surface area contributed by atoms with Crippen LogP contribution in [-0.4, -0.2) is 23.1 Å². The minimum atomic E-state index is -1.04. The molecule has 1 unspecified atom stereocenters. The van der Waals surface area contributed by atoms with Crippen LogP contribution in [0.25, 0.3) is 0 Å². The van der Waals surface area contributed by atoms with Crippen LogP contribution in [0.5, 0.6) is 0 Å². The summed E-state index contributed by atoms with van der Waals surface area (Å²) in [6.45, 7) is 7.38. The van der Waals surface area contributed by atoms with Gasteiger partial charge in [0.15, 0.2) is 0 Å². The molecule has 4 heteroatoms. The normalized spacial score (nSPS) is 12.4. The Morgan fingerprint density at radius 3 is 2.62 bits per heavy atom. The van der Waals surface area contributed by atoms with Gasteiger partial charge < -0.3 is 9.84 Å². The van der Waals surface area contributed by atoms with Crippen molar-refractivity contribution in [3.8, 4) is 0 Å². The van der Waals surface area contributed by atoms with Crippen LogP contribution >= 0.6 is 0 Å². The Hall–Kier alpha value is -1.58. The van der Waals surface area contributed by atoms with Crippen LogP contribution in [0, 0.1) is 0 Å². The zero-order valence-corrected chi connectivity index (χ0v) is 9.73. The maximum absolute atomic E-state index is 11.4. The fourth-order valence-electron chi connectivity index (χ4n) is 1.12. The van der Waals surface area contributed by atoms with Crippen LogP contribution < -0.4 is 0 Å². The summed E-state index contributed by atoms with van der Waals surface area (Å²) in [5.74, 6) is -1.50. The molecule has 0 aliphatic heterocycles. The first-order valence-electron chi connectivity index (χ1n) is 5.25. The molecule has 0 aliphatic rings. The number of allylic oxidation sites excluding steroid dienone is 1. The summed E-state index contributed by atoms with van der Waals surface area (Å²) in [7, 11) is 0. The monoisotopic (exact) mass is 226 g/mol. The summed E-state index contributed by atoms with van der Waals surface area (Å²) >= 11 is 0. The first-order valence-corrected chi connectivity index (χ1v) is 5.25. The molecule has 0 aromatic carbocycles. The molecule has 0 radical (unpaired) electrons. The van der Waals surface area contributed by atoms with Gasteiger partial charge in [-0.05, 0) is 19.8 Å². The van der Waals surface area contributed by atoms with Crippen molar-refractivity contribution >= 4 is 11.9 Å². The van der Waals surface area contributed by atoms with Crippen LogP contribution in [0.3, 0.4) is 0 Å². The average Bonchev–Trinajstić information content (AvgIpc) is 2.17. The van der Waals surface area contributed by atoms with E-state index < -0.39 is 11.9 Å². The Bertz CT molecular complexity index is 291. The third kappa shape index (κ3) is 6.81. The van der Waals surface area contributed by atoms with Gasteiger partial charge in [-0.3, -0.25) is 0 Å². The van der Waals surface area contributed by atoms with Gasteiger partial charge in [-0.2, -0.15) is 0 Å². The predicted octanol–water partition coefficient (Wildman–Crippen LogP) is 2.31. The maximum Gasteiger partial charge on any atom is 0.333 e. The highest BCUT2D eigenvalue weighted by atomic mass is 16.5. The van der Waals surface area contributed by atoms with E-state index in [4.69, 9.17) is 9.84 Å². The van der Waals surface area contributed by atoms with Crippen molar-refractivity contribution in [3.63, 3.8) is 0 Å². The van der Waals surface area contributed by atoms with Crippen molar-refractivity contribution in [1.29, 1.82) is 0 Å². The van der Waals surface area contributed by atoms with E-state index in [-0.39, 0.29) is 18.1 Å². The smallest absolute Gasteiger partial charge is 0.333 e. The summed E-state index contributed by atoms with van der Waals surface area (Å²) in [4.78, 5) is 21.6. The number of hydrogen-bond donors (Lipinski definition) is 1. The van der Waals surface area contributed by atoms with Crippen molar-refractivity contribution in [3.05, 3.63) is 24.3 Å². The molecule has 4 nitrogen and oxygen atoms in total. The Morgan fingerprint density at radius 1 is 1.50 bits per heavy atom. The van der Waals surface area contributed by atoms with E-state index in [9.17, 15) is 9.59 Å². The van der Waals surface area contributed by atoms with Crippen LogP contribution in [0.2, 0.25) is 0 Å². The summed E-state index contributed by atoms with van der Waals surface area (Å²) in [5.41, 5.74) is 0.264. The zero-order chi connectivity index (χ0) is 12.6. The van der Waals surface area contributed by atoms with Gasteiger partial charge in [-0.1, -0.05) is 26.0 Å². The fourth-order valence-corrected chi connectivity index (χ4v) is 1.12. The molecule has 0 saturated carbocycles. The van der Waals surface area contributed by atoms with Gasteiger partial charge in [0, 0.05) is 11.6 Å². The van der Waals surface area contributed by atoms with E-state index in [1.165, 1.54) is 6.08 Å². The lowest BCUT2D eigenvalue weighted by Crippen LogP contribution is -2.15. The van der Waals surface area contributed by atoms with Gasteiger partial charge in [0.05, 0.1) is 6.10 Å². The molecular weight excluding hydrogens is 208 g/mol. The van der Waals surface area contributed by atoms with E-state index in [0.717, 1.165) is 18.9 Å². The standard InChI is InChI=1S/C12H18O4/c1-4-6-10(3)16-12(15)9(2)7-5-8-11(13)14/h5,8,10H,2,4,6-7H2,1,3H3,(H,13,14). The summed E-state index contributed by atoms with van der Waals surface area (Å²) < 4.78 is 5.09. The zero-order valence-electron chi connectivity index (χ0n) is 9.73. The molecule has 0 heterocycles. The molecular formula is C12H18O4. The van der Waals surface area contributed by atoms with E-state index in [1.54, 1.807) is 0 Å². The van der Waals surface area contributed by atoms with Gasteiger partial charge in [0.1, 0.15) is 0 Å². The number of carbonyl (C=O) groups excluding carboxylic acids is 1. The summed E-state index contributed by atoms with van der Waals surface area (Å²) in [6, 6.07) is 0. The third-order valence-corrected chi connectivity index (χ3v) is 1.92. The molecule has 0 amide bonds. The Balaban J connectivity index is 4.00. The van der Waals surface area contributed by atoms with Crippen molar-refractivity contribution in [2.45, 2.75) is 39.2 Å². The fraction of sp³-hybridized carbons (Fsp3) is 0.500. The van der Waals surface area contributed by atoms with Crippen molar-refractivity contribution in [2.75, 3.05) is 0 Å². The highest BCUT2D eigenvalue weighted by Crippen LogP contribution is 2.07. The molecule has 0 aromatic rings. The molecule has 0 fully saturated rings. The lowest BCUT2D eigenvalue weighted by molar-refractivity contribution is -0.143. The van der Waals surface area contributed by atoms with Gasteiger partial charge >= 0.3 is 11.9 Å². The largest absolute Gasteiger partial charge is 0.478 e. The second kappa shape index (κ2) is 7.68. The quantitative estimate of drug-likeness (QED) is 0.534. The van der Waals surface area contributed by atoms with Crippen molar-refractivity contribution in [1.82, 2.24) is 0 Å².